The van der Waals surface area contributed by atoms with Gasteiger partial charge in [0.05, 0.1) is 14.2 Å². The molecule has 0 spiro atoms. The number of H-pyrrole nitrogens is 1. The van der Waals surface area contributed by atoms with E-state index in [2.05, 4.69) is 9.97 Å². The molecule has 0 fully saturated rings. The van der Waals surface area contributed by atoms with Crippen LogP contribution in [-0.4, -0.2) is 24.2 Å². The Bertz CT molecular complexity index is 700. The first-order valence-corrected chi connectivity index (χ1v) is 7.23. The Morgan fingerprint density at radius 2 is 1.90 bits per heavy atom. The Kier molecular flexibility index (Phi) is 4.74. The van der Waals surface area contributed by atoms with E-state index < -0.39 is 0 Å². The van der Waals surface area contributed by atoms with Gasteiger partial charge in [-0.1, -0.05) is 11.8 Å². The molecule has 0 unspecified atom stereocenters. The predicted molar refractivity (Wildman–Crippen MR) is 83.1 cm³/mol. The van der Waals surface area contributed by atoms with Crippen LogP contribution in [0.2, 0.25) is 0 Å². The van der Waals surface area contributed by atoms with Crippen LogP contribution in [0.25, 0.3) is 0 Å². The molecule has 1 aromatic carbocycles. The summed E-state index contributed by atoms with van der Waals surface area (Å²) < 4.78 is 10.6. The van der Waals surface area contributed by atoms with Gasteiger partial charge in [-0.3, -0.25) is 4.79 Å². The summed E-state index contributed by atoms with van der Waals surface area (Å²) in [6.07, 6.45) is 0. The molecule has 0 aliphatic rings. The SMILES string of the molecule is COc1cc(C)c(CSc2nc(N)cc(=O)[nH]2)cc1OC. The second-order valence-electron chi connectivity index (χ2n) is 4.40. The highest BCUT2D eigenvalue weighted by Crippen LogP contribution is 2.32. The number of nitrogens with zero attached hydrogens (tertiary/aromatic N) is 1. The molecule has 0 atom stereocenters. The van der Waals surface area contributed by atoms with Crippen molar-refractivity contribution >= 4 is 17.6 Å². The number of rotatable bonds is 5. The molecule has 1 heterocycles. The maximum absolute atomic E-state index is 11.3. The topological polar surface area (TPSA) is 90.2 Å². The minimum Gasteiger partial charge on any atom is -0.493 e. The van der Waals surface area contributed by atoms with Crippen molar-refractivity contribution < 1.29 is 9.47 Å². The molecule has 1 aromatic heterocycles. The van der Waals surface area contributed by atoms with E-state index in [1.807, 2.05) is 19.1 Å². The molecular weight excluding hydrogens is 290 g/mol. The summed E-state index contributed by atoms with van der Waals surface area (Å²) in [4.78, 5) is 18.1. The largest absolute Gasteiger partial charge is 0.493 e. The summed E-state index contributed by atoms with van der Waals surface area (Å²) in [6, 6.07) is 5.10. The van der Waals surface area contributed by atoms with Gasteiger partial charge in [0.25, 0.3) is 5.56 Å². The van der Waals surface area contributed by atoms with Crippen molar-refractivity contribution in [3.8, 4) is 11.5 Å². The van der Waals surface area contributed by atoms with Gasteiger partial charge in [0.15, 0.2) is 16.7 Å². The van der Waals surface area contributed by atoms with Crippen molar-refractivity contribution in [2.45, 2.75) is 17.8 Å². The molecule has 0 aliphatic carbocycles. The third-order valence-corrected chi connectivity index (χ3v) is 3.87. The number of thioether (sulfide) groups is 1. The predicted octanol–water partition coefficient (Wildman–Crippen LogP) is 1.97. The Balaban J connectivity index is 2.21. The Labute approximate surface area is 126 Å². The molecule has 0 amide bonds. The number of benzene rings is 1. The number of nitrogens with one attached hydrogen (secondary N) is 1. The molecule has 0 bridgehead atoms. The van der Waals surface area contributed by atoms with E-state index in [0.717, 1.165) is 11.1 Å². The van der Waals surface area contributed by atoms with E-state index in [4.69, 9.17) is 15.2 Å². The van der Waals surface area contributed by atoms with E-state index in [0.29, 0.717) is 22.4 Å². The van der Waals surface area contributed by atoms with Gasteiger partial charge < -0.3 is 20.2 Å². The van der Waals surface area contributed by atoms with Crippen LogP contribution in [0.5, 0.6) is 11.5 Å². The number of aryl methyl sites for hydroxylation is 1. The zero-order chi connectivity index (χ0) is 15.4. The van der Waals surface area contributed by atoms with Crippen molar-refractivity contribution in [2.75, 3.05) is 20.0 Å². The van der Waals surface area contributed by atoms with Gasteiger partial charge >= 0.3 is 0 Å². The number of hydrogen-bond donors (Lipinski definition) is 2. The minimum absolute atomic E-state index is 0.213. The maximum Gasteiger partial charge on any atom is 0.253 e. The van der Waals surface area contributed by atoms with E-state index in [1.54, 1.807) is 14.2 Å². The summed E-state index contributed by atoms with van der Waals surface area (Å²) in [6.45, 7) is 1.99. The van der Waals surface area contributed by atoms with Gasteiger partial charge in [0.1, 0.15) is 5.82 Å². The molecule has 0 aliphatic heterocycles. The van der Waals surface area contributed by atoms with Crippen molar-refractivity contribution in [1.29, 1.82) is 0 Å². The second-order valence-corrected chi connectivity index (χ2v) is 5.36. The average molecular weight is 307 g/mol. The Hall–Kier alpha value is -2.15. The van der Waals surface area contributed by atoms with Crippen molar-refractivity contribution in [3.63, 3.8) is 0 Å². The maximum atomic E-state index is 11.3. The lowest BCUT2D eigenvalue weighted by Gasteiger charge is -2.12. The summed E-state index contributed by atoms with van der Waals surface area (Å²) >= 11 is 1.41. The number of hydrogen-bond acceptors (Lipinski definition) is 6. The van der Waals surface area contributed by atoms with Gasteiger partial charge in [-0.25, -0.2) is 4.98 Å². The van der Waals surface area contributed by atoms with Gasteiger partial charge in [-0.15, -0.1) is 0 Å². The first-order valence-electron chi connectivity index (χ1n) is 6.24. The highest BCUT2D eigenvalue weighted by atomic mass is 32.2. The van der Waals surface area contributed by atoms with E-state index in [-0.39, 0.29) is 11.4 Å². The third kappa shape index (κ3) is 3.69. The monoisotopic (exact) mass is 307 g/mol. The first kappa shape index (κ1) is 15.2. The molecule has 0 saturated heterocycles. The first-order chi connectivity index (χ1) is 10.0. The fraction of sp³-hybridized carbons (Fsp3) is 0.286. The summed E-state index contributed by atoms with van der Waals surface area (Å²) in [7, 11) is 3.20. The fourth-order valence-corrected chi connectivity index (χ4v) is 2.79. The highest BCUT2D eigenvalue weighted by Gasteiger charge is 2.09. The molecule has 7 heteroatoms. The van der Waals surface area contributed by atoms with E-state index in [9.17, 15) is 4.79 Å². The standard InChI is InChI=1S/C14H17N3O3S/c1-8-4-10(19-2)11(20-3)5-9(8)7-21-14-16-12(15)6-13(18)17-14/h4-6H,7H2,1-3H3,(H3,15,16,17,18). The fourth-order valence-electron chi connectivity index (χ4n) is 1.85. The number of aromatic amines is 1. The lowest BCUT2D eigenvalue weighted by Crippen LogP contribution is -2.09. The van der Waals surface area contributed by atoms with Crippen LogP contribution in [-0.2, 0) is 5.75 Å². The smallest absolute Gasteiger partial charge is 0.253 e. The molecule has 3 N–H and O–H groups in total. The molecule has 21 heavy (non-hydrogen) atoms. The molecule has 0 saturated carbocycles. The van der Waals surface area contributed by atoms with E-state index >= 15 is 0 Å². The van der Waals surface area contributed by atoms with Crippen LogP contribution in [0.4, 0.5) is 5.82 Å². The number of anilines is 1. The molecule has 0 radical (unpaired) electrons. The second kappa shape index (κ2) is 6.53. The van der Waals surface area contributed by atoms with Gasteiger partial charge in [0.2, 0.25) is 0 Å². The average Bonchev–Trinajstić information content (AvgIpc) is 2.44. The van der Waals surface area contributed by atoms with Gasteiger partial charge in [-0.2, -0.15) is 0 Å². The van der Waals surface area contributed by atoms with Gasteiger partial charge in [0, 0.05) is 11.8 Å². The van der Waals surface area contributed by atoms with Crippen molar-refractivity contribution in [3.05, 3.63) is 39.7 Å². The molecule has 2 aromatic rings. The van der Waals surface area contributed by atoms with Crippen LogP contribution in [0, 0.1) is 6.92 Å². The molecule has 2 rings (SSSR count). The quantitative estimate of drug-likeness (QED) is 0.648. The molecule has 112 valence electrons. The van der Waals surface area contributed by atoms with E-state index in [1.165, 1.54) is 17.8 Å². The van der Waals surface area contributed by atoms with Crippen LogP contribution >= 0.6 is 11.8 Å². The summed E-state index contributed by atoms with van der Waals surface area (Å²) in [5.74, 6) is 2.22. The van der Waals surface area contributed by atoms with Crippen LogP contribution in [0.1, 0.15) is 11.1 Å². The number of nitrogen functional groups attached to an aromatic ring is 1. The van der Waals surface area contributed by atoms with Crippen molar-refractivity contribution in [2.24, 2.45) is 0 Å². The van der Waals surface area contributed by atoms with Crippen LogP contribution in [0.15, 0.2) is 28.2 Å². The van der Waals surface area contributed by atoms with Crippen LogP contribution in [0.3, 0.4) is 0 Å². The zero-order valence-electron chi connectivity index (χ0n) is 12.1. The number of aromatic nitrogens is 2. The number of nitrogens with two attached hydrogens (primary N) is 1. The van der Waals surface area contributed by atoms with Crippen LogP contribution < -0.4 is 20.8 Å². The summed E-state index contributed by atoms with van der Waals surface area (Å²) in [5, 5.41) is 0.495. The van der Waals surface area contributed by atoms with Gasteiger partial charge in [-0.05, 0) is 30.2 Å². The third-order valence-electron chi connectivity index (χ3n) is 2.95. The zero-order valence-corrected chi connectivity index (χ0v) is 12.9. The Morgan fingerprint density at radius 1 is 1.24 bits per heavy atom. The van der Waals surface area contributed by atoms with Crippen molar-refractivity contribution in [1.82, 2.24) is 9.97 Å². The molecular formula is C14H17N3O3S. The number of methoxy groups -OCH3 is 2. The Morgan fingerprint density at radius 3 is 2.52 bits per heavy atom. The normalized spacial score (nSPS) is 10.4. The lowest BCUT2D eigenvalue weighted by atomic mass is 10.1. The summed E-state index contributed by atoms with van der Waals surface area (Å²) in [5.41, 5.74) is 7.45. The highest BCUT2D eigenvalue weighted by molar-refractivity contribution is 7.98. The lowest BCUT2D eigenvalue weighted by molar-refractivity contribution is 0.354. The minimum atomic E-state index is -0.256. The number of ether oxygens (including phenoxy) is 2. The molecule has 6 nitrogen and oxygen atoms in total.